The van der Waals surface area contributed by atoms with Crippen LogP contribution in [0.5, 0.6) is 0 Å². The lowest BCUT2D eigenvalue weighted by Crippen LogP contribution is -2.41. The smallest absolute Gasteiger partial charge is 0.310 e. The van der Waals surface area contributed by atoms with Crippen LogP contribution in [0.1, 0.15) is 19.3 Å². The SMILES string of the molecule is COC(=O)C1CC(F)CCC1N. The Hall–Kier alpha value is -0.640. The summed E-state index contributed by atoms with van der Waals surface area (Å²) in [5.74, 6) is -0.830. The van der Waals surface area contributed by atoms with E-state index in [1.54, 1.807) is 0 Å². The molecule has 0 aromatic carbocycles. The van der Waals surface area contributed by atoms with Gasteiger partial charge in [-0.15, -0.1) is 0 Å². The van der Waals surface area contributed by atoms with Crippen LogP contribution in [0, 0.1) is 5.92 Å². The second-order valence-electron chi connectivity index (χ2n) is 3.20. The maximum absolute atomic E-state index is 12.8. The first-order valence-electron chi connectivity index (χ1n) is 4.12. The van der Waals surface area contributed by atoms with E-state index in [0.717, 1.165) is 0 Å². The van der Waals surface area contributed by atoms with Crippen LogP contribution in [-0.4, -0.2) is 25.3 Å². The summed E-state index contributed by atoms with van der Waals surface area (Å²) in [6, 6.07) is -0.232. The predicted octanol–water partition coefficient (Wildman–Crippen LogP) is 0.625. The lowest BCUT2D eigenvalue weighted by atomic mass is 9.84. The molecular formula is C8H14FNO2. The Morgan fingerprint density at radius 2 is 2.25 bits per heavy atom. The van der Waals surface area contributed by atoms with Gasteiger partial charge in [-0.05, 0) is 19.3 Å². The van der Waals surface area contributed by atoms with Crippen molar-refractivity contribution in [1.82, 2.24) is 0 Å². The number of ether oxygens (including phenoxy) is 1. The third kappa shape index (κ3) is 1.94. The van der Waals surface area contributed by atoms with E-state index < -0.39 is 12.1 Å². The third-order valence-electron chi connectivity index (χ3n) is 2.34. The Morgan fingerprint density at radius 1 is 1.58 bits per heavy atom. The second kappa shape index (κ2) is 3.85. The standard InChI is InChI=1S/C8H14FNO2/c1-12-8(11)6-4-5(9)2-3-7(6)10/h5-7H,2-4,10H2,1H3. The van der Waals surface area contributed by atoms with Gasteiger partial charge in [0.15, 0.2) is 0 Å². The van der Waals surface area contributed by atoms with Crippen LogP contribution in [0.15, 0.2) is 0 Å². The van der Waals surface area contributed by atoms with Gasteiger partial charge in [0.25, 0.3) is 0 Å². The molecule has 1 aliphatic rings. The summed E-state index contributed by atoms with van der Waals surface area (Å²) in [6.07, 6.45) is 0.359. The topological polar surface area (TPSA) is 52.3 Å². The van der Waals surface area contributed by atoms with Gasteiger partial charge in [-0.3, -0.25) is 4.79 Å². The molecule has 12 heavy (non-hydrogen) atoms. The molecular weight excluding hydrogens is 161 g/mol. The molecule has 0 spiro atoms. The molecule has 0 aliphatic heterocycles. The van der Waals surface area contributed by atoms with Gasteiger partial charge >= 0.3 is 5.97 Å². The zero-order valence-electron chi connectivity index (χ0n) is 7.13. The van der Waals surface area contributed by atoms with Crippen LogP contribution in [0.25, 0.3) is 0 Å². The van der Waals surface area contributed by atoms with Crippen molar-refractivity contribution in [1.29, 1.82) is 0 Å². The van der Waals surface area contributed by atoms with E-state index in [4.69, 9.17) is 5.73 Å². The summed E-state index contributed by atoms with van der Waals surface area (Å²) in [5, 5.41) is 0. The van der Waals surface area contributed by atoms with Crippen LogP contribution >= 0.6 is 0 Å². The van der Waals surface area contributed by atoms with Crippen molar-refractivity contribution in [2.45, 2.75) is 31.5 Å². The van der Waals surface area contributed by atoms with Crippen molar-refractivity contribution in [3.63, 3.8) is 0 Å². The number of esters is 1. The molecule has 0 aromatic heterocycles. The van der Waals surface area contributed by atoms with Gasteiger partial charge in [-0.25, -0.2) is 4.39 Å². The second-order valence-corrected chi connectivity index (χ2v) is 3.20. The molecule has 0 amide bonds. The first-order chi connectivity index (χ1) is 5.65. The van der Waals surface area contributed by atoms with Gasteiger partial charge in [0.05, 0.1) is 13.0 Å². The van der Waals surface area contributed by atoms with Crippen LogP contribution in [0.4, 0.5) is 4.39 Å². The van der Waals surface area contributed by atoms with Crippen molar-refractivity contribution in [2.24, 2.45) is 11.7 Å². The summed E-state index contributed by atoms with van der Waals surface area (Å²) < 4.78 is 17.4. The van der Waals surface area contributed by atoms with E-state index in [1.165, 1.54) is 7.11 Å². The fourth-order valence-electron chi connectivity index (χ4n) is 1.57. The minimum atomic E-state index is -0.895. The third-order valence-corrected chi connectivity index (χ3v) is 2.34. The largest absolute Gasteiger partial charge is 0.469 e. The Balaban J connectivity index is 2.54. The molecule has 3 atom stereocenters. The van der Waals surface area contributed by atoms with E-state index in [2.05, 4.69) is 4.74 Å². The lowest BCUT2D eigenvalue weighted by molar-refractivity contribution is -0.147. The molecule has 70 valence electrons. The molecule has 0 bridgehead atoms. The number of halogens is 1. The maximum Gasteiger partial charge on any atom is 0.310 e. The number of nitrogens with two attached hydrogens (primary N) is 1. The molecule has 1 saturated carbocycles. The van der Waals surface area contributed by atoms with Crippen molar-refractivity contribution in [3.8, 4) is 0 Å². The quantitative estimate of drug-likeness (QED) is 0.594. The van der Waals surface area contributed by atoms with Gasteiger partial charge in [-0.2, -0.15) is 0 Å². The van der Waals surface area contributed by atoms with E-state index in [-0.39, 0.29) is 18.4 Å². The number of methoxy groups -OCH3 is 1. The highest BCUT2D eigenvalue weighted by Crippen LogP contribution is 2.26. The summed E-state index contributed by atoms with van der Waals surface area (Å²) in [4.78, 5) is 11.1. The Bertz CT molecular complexity index is 174. The summed E-state index contributed by atoms with van der Waals surface area (Å²) in [7, 11) is 1.30. The van der Waals surface area contributed by atoms with Crippen molar-refractivity contribution >= 4 is 5.97 Å². The van der Waals surface area contributed by atoms with Gasteiger partial charge in [0.2, 0.25) is 0 Å². The molecule has 1 rings (SSSR count). The van der Waals surface area contributed by atoms with Crippen LogP contribution in [-0.2, 0) is 9.53 Å². The molecule has 1 fully saturated rings. The van der Waals surface area contributed by atoms with Crippen LogP contribution in [0.2, 0.25) is 0 Å². The molecule has 1 aliphatic carbocycles. The van der Waals surface area contributed by atoms with E-state index in [1.807, 2.05) is 0 Å². The minimum absolute atomic E-state index is 0.216. The summed E-state index contributed by atoms with van der Waals surface area (Å²) >= 11 is 0. The monoisotopic (exact) mass is 175 g/mol. The number of alkyl halides is 1. The lowest BCUT2D eigenvalue weighted by Gasteiger charge is -2.28. The molecule has 0 saturated heterocycles. The molecule has 3 unspecified atom stereocenters. The summed E-state index contributed by atoms with van der Waals surface area (Å²) in [6.45, 7) is 0. The predicted molar refractivity (Wildman–Crippen MR) is 42.2 cm³/mol. The van der Waals surface area contributed by atoms with Gasteiger partial charge in [-0.1, -0.05) is 0 Å². The number of hydrogen-bond acceptors (Lipinski definition) is 3. The zero-order chi connectivity index (χ0) is 9.14. The van der Waals surface area contributed by atoms with Gasteiger partial charge < -0.3 is 10.5 Å². The molecule has 0 radical (unpaired) electrons. The van der Waals surface area contributed by atoms with E-state index in [9.17, 15) is 9.18 Å². The van der Waals surface area contributed by atoms with Gasteiger partial charge in [0, 0.05) is 6.04 Å². The zero-order valence-corrected chi connectivity index (χ0v) is 7.13. The summed E-state index contributed by atoms with van der Waals surface area (Å²) in [5.41, 5.74) is 5.65. The molecule has 0 heterocycles. The Morgan fingerprint density at radius 3 is 2.83 bits per heavy atom. The van der Waals surface area contributed by atoms with E-state index in [0.29, 0.717) is 12.8 Å². The molecule has 0 aromatic rings. The Kier molecular flexibility index (Phi) is 3.03. The van der Waals surface area contributed by atoms with E-state index >= 15 is 0 Å². The average molecular weight is 175 g/mol. The van der Waals surface area contributed by atoms with Crippen LogP contribution < -0.4 is 5.73 Å². The highest BCUT2D eigenvalue weighted by molar-refractivity contribution is 5.73. The van der Waals surface area contributed by atoms with Crippen molar-refractivity contribution < 1.29 is 13.9 Å². The Labute approximate surface area is 71.1 Å². The van der Waals surface area contributed by atoms with Crippen molar-refractivity contribution in [3.05, 3.63) is 0 Å². The highest BCUT2D eigenvalue weighted by Gasteiger charge is 2.33. The van der Waals surface area contributed by atoms with Crippen LogP contribution in [0.3, 0.4) is 0 Å². The molecule has 3 nitrogen and oxygen atoms in total. The first kappa shape index (κ1) is 9.45. The fourth-order valence-corrected chi connectivity index (χ4v) is 1.57. The molecule has 4 heteroatoms. The maximum atomic E-state index is 12.8. The normalized spacial score (nSPS) is 36.1. The van der Waals surface area contributed by atoms with Crippen molar-refractivity contribution in [2.75, 3.05) is 7.11 Å². The first-order valence-corrected chi connectivity index (χ1v) is 4.12. The number of carbonyl (C=O) groups is 1. The fraction of sp³-hybridized carbons (Fsp3) is 0.875. The van der Waals surface area contributed by atoms with Gasteiger partial charge in [0.1, 0.15) is 6.17 Å². The number of rotatable bonds is 1. The number of hydrogen-bond donors (Lipinski definition) is 1. The molecule has 2 N–H and O–H groups in total. The number of carbonyl (C=O) groups excluding carboxylic acids is 1. The highest BCUT2D eigenvalue weighted by atomic mass is 19.1. The minimum Gasteiger partial charge on any atom is -0.469 e. The average Bonchev–Trinajstić information content (AvgIpc) is 2.08.